The molecule has 0 aliphatic rings. The van der Waals surface area contributed by atoms with E-state index in [0.717, 1.165) is 27.8 Å². The molecule has 0 amide bonds. The summed E-state index contributed by atoms with van der Waals surface area (Å²) in [6.45, 7) is 4.79. The Hall–Kier alpha value is -4.01. The Labute approximate surface area is 179 Å². The summed E-state index contributed by atoms with van der Waals surface area (Å²) in [4.78, 5) is 22.9. The molecule has 0 fully saturated rings. The standard InChI is InChI=1S/C22H23N9/c1-14(2)31-13-25-18-19(24-12-15-7-6-10-23-11-15)27-21(28-20(18)31)29-22-26-16-8-4-5-9-17(16)30(22)3/h4-11,13-14H,12H2,1-3H3,(H2,24,26,27,28,29). The van der Waals surface area contributed by atoms with Crippen LogP contribution in [0.3, 0.4) is 0 Å². The summed E-state index contributed by atoms with van der Waals surface area (Å²) in [6.07, 6.45) is 5.39. The van der Waals surface area contributed by atoms with E-state index in [1.165, 1.54) is 0 Å². The molecule has 9 heteroatoms. The van der Waals surface area contributed by atoms with Crippen LogP contribution < -0.4 is 10.6 Å². The molecule has 1 aromatic carbocycles. The van der Waals surface area contributed by atoms with E-state index < -0.39 is 0 Å². The van der Waals surface area contributed by atoms with Crippen LogP contribution in [0, 0.1) is 0 Å². The van der Waals surface area contributed by atoms with Gasteiger partial charge >= 0.3 is 0 Å². The predicted octanol–water partition coefficient (Wildman–Crippen LogP) is 4.04. The highest BCUT2D eigenvalue weighted by molar-refractivity contribution is 5.85. The Morgan fingerprint density at radius 3 is 2.68 bits per heavy atom. The fourth-order valence-electron chi connectivity index (χ4n) is 3.52. The van der Waals surface area contributed by atoms with Gasteiger partial charge in [0.1, 0.15) is 0 Å². The molecule has 0 saturated heterocycles. The molecule has 0 bridgehead atoms. The first-order chi connectivity index (χ1) is 15.1. The third kappa shape index (κ3) is 3.54. The predicted molar refractivity (Wildman–Crippen MR) is 121 cm³/mol. The van der Waals surface area contributed by atoms with E-state index in [9.17, 15) is 0 Å². The second kappa shape index (κ2) is 7.67. The quantitative estimate of drug-likeness (QED) is 0.433. The van der Waals surface area contributed by atoms with Gasteiger partial charge in [-0.2, -0.15) is 9.97 Å². The number of benzene rings is 1. The summed E-state index contributed by atoms with van der Waals surface area (Å²) < 4.78 is 4.03. The number of nitrogens with zero attached hydrogens (tertiary/aromatic N) is 7. The summed E-state index contributed by atoms with van der Waals surface area (Å²) in [5.41, 5.74) is 4.50. The van der Waals surface area contributed by atoms with Crippen molar-refractivity contribution >= 4 is 39.9 Å². The maximum atomic E-state index is 4.75. The number of pyridine rings is 1. The van der Waals surface area contributed by atoms with Crippen molar-refractivity contribution in [2.75, 3.05) is 10.6 Å². The molecule has 0 atom stereocenters. The van der Waals surface area contributed by atoms with E-state index in [2.05, 4.69) is 39.4 Å². The van der Waals surface area contributed by atoms with Crippen molar-refractivity contribution in [3.63, 3.8) is 0 Å². The number of rotatable bonds is 6. The van der Waals surface area contributed by atoms with Crippen LogP contribution in [-0.2, 0) is 13.6 Å². The minimum absolute atomic E-state index is 0.217. The molecule has 0 aliphatic heterocycles. The van der Waals surface area contributed by atoms with E-state index >= 15 is 0 Å². The van der Waals surface area contributed by atoms with Crippen LogP contribution in [0.2, 0.25) is 0 Å². The average Bonchev–Trinajstić information content (AvgIpc) is 3.35. The molecule has 0 unspecified atom stereocenters. The third-order valence-electron chi connectivity index (χ3n) is 5.17. The first-order valence-corrected chi connectivity index (χ1v) is 10.2. The smallest absolute Gasteiger partial charge is 0.233 e. The largest absolute Gasteiger partial charge is 0.364 e. The second-order valence-corrected chi connectivity index (χ2v) is 7.64. The second-order valence-electron chi connectivity index (χ2n) is 7.64. The highest BCUT2D eigenvalue weighted by atomic mass is 15.3. The van der Waals surface area contributed by atoms with Crippen LogP contribution in [0.5, 0.6) is 0 Å². The van der Waals surface area contributed by atoms with Gasteiger partial charge in [0.25, 0.3) is 0 Å². The Morgan fingerprint density at radius 2 is 1.90 bits per heavy atom. The Morgan fingerprint density at radius 1 is 1.03 bits per heavy atom. The van der Waals surface area contributed by atoms with Crippen LogP contribution in [0.25, 0.3) is 22.2 Å². The van der Waals surface area contributed by atoms with Crippen molar-refractivity contribution in [3.05, 3.63) is 60.7 Å². The fraction of sp³-hybridized carbons (Fsp3) is 0.227. The zero-order valence-corrected chi connectivity index (χ0v) is 17.6. The van der Waals surface area contributed by atoms with E-state index in [1.807, 2.05) is 58.8 Å². The lowest BCUT2D eigenvalue weighted by atomic mass is 10.3. The van der Waals surface area contributed by atoms with E-state index in [4.69, 9.17) is 9.97 Å². The third-order valence-corrected chi connectivity index (χ3v) is 5.17. The number of aromatic nitrogens is 7. The van der Waals surface area contributed by atoms with Crippen molar-refractivity contribution < 1.29 is 0 Å². The van der Waals surface area contributed by atoms with Gasteiger partial charge < -0.3 is 14.5 Å². The van der Waals surface area contributed by atoms with Crippen molar-refractivity contribution in [2.45, 2.75) is 26.4 Å². The monoisotopic (exact) mass is 413 g/mol. The van der Waals surface area contributed by atoms with Crippen LogP contribution in [0.15, 0.2) is 55.1 Å². The summed E-state index contributed by atoms with van der Waals surface area (Å²) in [7, 11) is 1.97. The SMILES string of the molecule is CC(C)n1cnc2c(NCc3cccnc3)nc(Nc3nc4ccccc4n3C)nc21. The molecule has 0 saturated carbocycles. The lowest BCUT2D eigenvalue weighted by Gasteiger charge is -2.12. The van der Waals surface area contributed by atoms with Crippen LogP contribution in [-0.4, -0.2) is 34.1 Å². The zero-order valence-electron chi connectivity index (χ0n) is 17.6. The normalized spacial score (nSPS) is 11.5. The molecular formula is C22H23N9. The minimum atomic E-state index is 0.217. The van der Waals surface area contributed by atoms with Gasteiger partial charge in [-0.15, -0.1) is 0 Å². The minimum Gasteiger partial charge on any atom is -0.364 e. The molecular weight excluding hydrogens is 390 g/mol. The number of hydrogen-bond donors (Lipinski definition) is 2. The maximum Gasteiger partial charge on any atom is 0.233 e. The molecule has 9 nitrogen and oxygen atoms in total. The molecule has 0 aliphatic carbocycles. The molecule has 156 valence electrons. The van der Waals surface area contributed by atoms with Gasteiger partial charge in [-0.3, -0.25) is 10.3 Å². The Kier molecular flexibility index (Phi) is 4.70. The van der Waals surface area contributed by atoms with Crippen molar-refractivity contribution in [3.8, 4) is 0 Å². The van der Waals surface area contributed by atoms with Crippen molar-refractivity contribution in [1.29, 1.82) is 0 Å². The summed E-state index contributed by atoms with van der Waals surface area (Å²) in [6, 6.07) is 12.1. The number of aryl methyl sites for hydroxylation is 1. The number of fused-ring (bicyclic) bond motifs is 2. The summed E-state index contributed by atoms with van der Waals surface area (Å²) >= 11 is 0. The molecule has 0 radical (unpaired) electrons. The molecule has 31 heavy (non-hydrogen) atoms. The first kappa shape index (κ1) is 19.0. The van der Waals surface area contributed by atoms with Crippen LogP contribution in [0.4, 0.5) is 17.7 Å². The number of nitrogens with one attached hydrogen (secondary N) is 2. The van der Waals surface area contributed by atoms with Crippen molar-refractivity contribution in [2.24, 2.45) is 7.05 Å². The van der Waals surface area contributed by atoms with Gasteiger partial charge in [0, 0.05) is 32.0 Å². The fourth-order valence-corrected chi connectivity index (χ4v) is 3.52. The zero-order chi connectivity index (χ0) is 21.4. The van der Waals surface area contributed by atoms with Gasteiger partial charge in [-0.25, -0.2) is 9.97 Å². The van der Waals surface area contributed by atoms with Crippen LogP contribution >= 0.6 is 0 Å². The van der Waals surface area contributed by atoms with E-state index in [-0.39, 0.29) is 6.04 Å². The molecule has 2 N–H and O–H groups in total. The molecule has 4 aromatic heterocycles. The van der Waals surface area contributed by atoms with Gasteiger partial charge in [-0.05, 0) is 37.6 Å². The number of anilines is 3. The molecule has 0 spiro atoms. The molecule has 4 heterocycles. The highest BCUT2D eigenvalue weighted by Crippen LogP contribution is 2.26. The number of imidazole rings is 2. The Bertz CT molecular complexity index is 1350. The molecule has 5 aromatic rings. The van der Waals surface area contributed by atoms with Gasteiger partial charge in [0.15, 0.2) is 17.0 Å². The van der Waals surface area contributed by atoms with Gasteiger partial charge in [-0.1, -0.05) is 18.2 Å². The number of para-hydroxylation sites is 2. The average molecular weight is 413 g/mol. The van der Waals surface area contributed by atoms with Gasteiger partial charge in [0.2, 0.25) is 11.9 Å². The maximum absolute atomic E-state index is 4.75. The summed E-state index contributed by atoms with van der Waals surface area (Å²) in [5.74, 6) is 1.80. The topological polar surface area (TPSA) is 98.4 Å². The first-order valence-electron chi connectivity index (χ1n) is 10.2. The van der Waals surface area contributed by atoms with E-state index in [0.29, 0.717) is 24.3 Å². The molecule has 5 rings (SSSR count). The van der Waals surface area contributed by atoms with Crippen molar-refractivity contribution in [1.82, 2.24) is 34.1 Å². The number of hydrogen-bond acceptors (Lipinski definition) is 7. The lowest BCUT2D eigenvalue weighted by Crippen LogP contribution is -2.09. The Balaban J connectivity index is 1.55. The lowest BCUT2D eigenvalue weighted by molar-refractivity contribution is 0.613. The highest BCUT2D eigenvalue weighted by Gasteiger charge is 2.16. The van der Waals surface area contributed by atoms with Gasteiger partial charge in [0.05, 0.1) is 17.4 Å². The summed E-state index contributed by atoms with van der Waals surface area (Å²) in [5, 5.41) is 6.67. The van der Waals surface area contributed by atoms with Crippen LogP contribution in [0.1, 0.15) is 25.5 Å². The van der Waals surface area contributed by atoms with E-state index in [1.54, 1.807) is 12.5 Å².